The molecule has 0 atom stereocenters. The van der Waals surface area contributed by atoms with Gasteiger partial charge in [0.1, 0.15) is 0 Å². The quantitative estimate of drug-likeness (QED) is 0.680. The van der Waals surface area contributed by atoms with Gasteiger partial charge in [0.25, 0.3) is 10.0 Å². The molecule has 2 aromatic carbocycles. The normalized spacial score (nSPS) is 11.8. The zero-order chi connectivity index (χ0) is 20.1. The van der Waals surface area contributed by atoms with Gasteiger partial charge in [-0.15, -0.1) is 0 Å². The summed E-state index contributed by atoms with van der Waals surface area (Å²) in [5.41, 5.74) is 1.48. The first-order valence-corrected chi connectivity index (χ1v) is 11.4. The number of benzene rings is 2. The van der Waals surface area contributed by atoms with E-state index >= 15 is 0 Å². The van der Waals surface area contributed by atoms with E-state index in [1.807, 2.05) is 11.6 Å². The van der Waals surface area contributed by atoms with Gasteiger partial charge in [0.2, 0.25) is 0 Å². The largest absolute Gasteiger partial charge is 0.337 e. The molecule has 0 aliphatic rings. The predicted molar refractivity (Wildman–Crippen MR) is 103 cm³/mol. The van der Waals surface area contributed by atoms with Crippen molar-refractivity contribution in [3.8, 4) is 0 Å². The lowest BCUT2D eigenvalue weighted by atomic mass is 10.2. The molecule has 0 heterocycles. The van der Waals surface area contributed by atoms with E-state index in [1.54, 1.807) is 49.4 Å². The van der Waals surface area contributed by atoms with Crippen molar-refractivity contribution >= 4 is 25.9 Å². The summed E-state index contributed by atoms with van der Waals surface area (Å²) in [7, 11) is -7.43. The van der Waals surface area contributed by atoms with Crippen molar-refractivity contribution in [2.75, 3.05) is 12.3 Å². The summed E-state index contributed by atoms with van der Waals surface area (Å²) in [6, 6.07) is 11.9. The van der Waals surface area contributed by atoms with Crippen LogP contribution >= 0.6 is 0 Å². The van der Waals surface area contributed by atoms with Crippen LogP contribution in [0.5, 0.6) is 0 Å². The van der Waals surface area contributed by atoms with Gasteiger partial charge in [0.15, 0.2) is 9.84 Å². The van der Waals surface area contributed by atoms with Gasteiger partial charge >= 0.3 is 6.03 Å². The number of amides is 2. The Bertz CT molecular complexity index is 1010. The Morgan fingerprint density at radius 3 is 2.19 bits per heavy atom. The second-order valence-electron chi connectivity index (χ2n) is 6.11. The topological polar surface area (TPSA) is 109 Å². The molecule has 7 nitrogen and oxygen atoms in total. The van der Waals surface area contributed by atoms with Crippen molar-refractivity contribution in [2.45, 2.75) is 30.1 Å². The van der Waals surface area contributed by atoms with Crippen LogP contribution in [0.2, 0.25) is 0 Å². The fourth-order valence-electron chi connectivity index (χ4n) is 2.40. The van der Waals surface area contributed by atoms with Crippen LogP contribution in [0.1, 0.15) is 17.5 Å². The molecule has 146 valence electrons. The molecule has 0 saturated heterocycles. The molecular weight excluding hydrogens is 388 g/mol. The van der Waals surface area contributed by atoms with Gasteiger partial charge in [-0.05, 0) is 44.0 Å². The first-order chi connectivity index (χ1) is 12.6. The number of urea groups is 1. The molecule has 0 saturated carbocycles. The fraction of sp³-hybridized carbons (Fsp3) is 0.278. The van der Waals surface area contributed by atoms with E-state index in [1.165, 1.54) is 6.07 Å². The summed E-state index contributed by atoms with van der Waals surface area (Å²) in [5.74, 6) is -0.152. The molecular formula is C18H22N2O5S2. The molecule has 0 bridgehead atoms. The van der Waals surface area contributed by atoms with Crippen molar-refractivity contribution in [2.24, 2.45) is 0 Å². The van der Waals surface area contributed by atoms with Crippen molar-refractivity contribution in [1.82, 2.24) is 10.0 Å². The number of carbonyl (C=O) groups excluding carboxylic acids is 1. The van der Waals surface area contributed by atoms with Crippen LogP contribution in [0, 0.1) is 13.8 Å². The Labute approximate surface area is 159 Å². The maximum atomic E-state index is 12.2. The smallest absolute Gasteiger partial charge is 0.328 e. The van der Waals surface area contributed by atoms with Crippen molar-refractivity contribution in [3.63, 3.8) is 0 Å². The zero-order valence-corrected chi connectivity index (χ0v) is 16.7. The van der Waals surface area contributed by atoms with Crippen molar-refractivity contribution < 1.29 is 21.6 Å². The predicted octanol–water partition coefficient (Wildman–Crippen LogP) is 2.16. The van der Waals surface area contributed by atoms with Crippen LogP contribution < -0.4 is 10.0 Å². The summed E-state index contributed by atoms with van der Waals surface area (Å²) >= 11 is 0. The minimum atomic E-state index is -3.98. The molecule has 2 rings (SSSR count). The third-order valence-electron chi connectivity index (χ3n) is 3.87. The molecule has 0 spiro atoms. The van der Waals surface area contributed by atoms with E-state index in [2.05, 4.69) is 5.32 Å². The summed E-state index contributed by atoms with van der Waals surface area (Å²) in [6.07, 6.45) is 0.161. The lowest BCUT2D eigenvalue weighted by Gasteiger charge is -2.10. The standard InChI is InChI=1S/C18H22N2O5S2/c1-14-8-10-16(11-9-14)26(22,23)13-5-12-19-18(21)20-27(24,25)17-7-4-3-6-15(17)2/h3-4,6-11H,5,12-13H2,1-2H3,(H2,19,20,21). The Morgan fingerprint density at radius 1 is 0.926 bits per heavy atom. The number of hydrogen-bond donors (Lipinski definition) is 2. The lowest BCUT2D eigenvalue weighted by molar-refractivity contribution is 0.246. The summed E-state index contributed by atoms with van der Waals surface area (Å²) < 4.78 is 50.8. The minimum absolute atomic E-state index is 0.0158. The number of carbonyl (C=O) groups is 1. The fourth-order valence-corrected chi connectivity index (χ4v) is 4.89. The first kappa shape index (κ1) is 20.9. The van der Waals surface area contributed by atoms with E-state index < -0.39 is 25.9 Å². The molecule has 0 unspecified atom stereocenters. The molecule has 27 heavy (non-hydrogen) atoms. The number of aryl methyl sites for hydroxylation is 2. The number of hydrogen-bond acceptors (Lipinski definition) is 5. The van der Waals surface area contributed by atoms with E-state index in [4.69, 9.17) is 0 Å². The van der Waals surface area contributed by atoms with Gasteiger partial charge in [-0.1, -0.05) is 35.9 Å². The van der Waals surface area contributed by atoms with Crippen LogP contribution in [-0.2, 0) is 19.9 Å². The molecule has 0 radical (unpaired) electrons. The lowest BCUT2D eigenvalue weighted by Crippen LogP contribution is -2.40. The highest BCUT2D eigenvalue weighted by Gasteiger charge is 2.19. The molecule has 2 amide bonds. The average Bonchev–Trinajstić information content (AvgIpc) is 2.59. The highest BCUT2D eigenvalue weighted by atomic mass is 32.2. The molecule has 0 aromatic heterocycles. The van der Waals surface area contributed by atoms with Crippen molar-refractivity contribution in [3.05, 3.63) is 59.7 Å². The molecule has 0 aliphatic heterocycles. The summed E-state index contributed by atoms with van der Waals surface area (Å²) in [4.78, 5) is 12.1. The zero-order valence-electron chi connectivity index (χ0n) is 15.1. The molecule has 2 N–H and O–H groups in total. The second-order valence-corrected chi connectivity index (χ2v) is 9.87. The Kier molecular flexibility index (Phi) is 6.61. The minimum Gasteiger partial charge on any atom is -0.337 e. The Hall–Kier alpha value is -2.39. The van der Waals surface area contributed by atoms with E-state index in [9.17, 15) is 21.6 Å². The van der Waals surface area contributed by atoms with Gasteiger partial charge < -0.3 is 5.32 Å². The summed E-state index contributed by atoms with van der Waals surface area (Å²) in [5, 5.41) is 2.37. The van der Waals surface area contributed by atoms with Gasteiger partial charge in [-0.3, -0.25) is 0 Å². The third-order valence-corrected chi connectivity index (χ3v) is 7.17. The monoisotopic (exact) mass is 410 g/mol. The molecule has 9 heteroatoms. The van der Waals surface area contributed by atoms with Crippen molar-refractivity contribution in [1.29, 1.82) is 0 Å². The highest BCUT2D eigenvalue weighted by Crippen LogP contribution is 2.14. The van der Waals surface area contributed by atoms with Crippen LogP contribution in [0.3, 0.4) is 0 Å². The van der Waals surface area contributed by atoms with Gasteiger partial charge in [-0.25, -0.2) is 26.4 Å². The third kappa shape index (κ3) is 5.80. The summed E-state index contributed by atoms with van der Waals surface area (Å²) in [6.45, 7) is 3.52. The number of sulfone groups is 1. The number of sulfonamides is 1. The average molecular weight is 411 g/mol. The van der Waals surface area contributed by atoms with Gasteiger partial charge in [0.05, 0.1) is 15.5 Å². The van der Waals surface area contributed by atoms with Crippen LogP contribution in [0.4, 0.5) is 4.79 Å². The SMILES string of the molecule is Cc1ccc(S(=O)(=O)CCCNC(=O)NS(=O)(=O)c2ccccc2C)cc1. The first-order valence-electron chi connectivity index (χ1n) is 8.27. The Morgan fingerprint density at radius 2 is 1.56 bits per heavy atom. The van der Waals surface area contributed by atoms with Crippen LogP contribution in [0.15, 0.2) is 58.3 Å². The maximum Gasteiger partial charge on any atom is 0.328 e. The molecule has 0 aliphatic carbocycles. The number of rotatable bonds is 7. The number of nitrogens with one attached hydrogen (secondary N) is 2. The highest BCUT2D eigenvalue weighted by molar-refractivity contribution is 7.91. The van der Waals surface area contributed by atoms with E-state index in [0.717, 1.165) is 5.56 Å². The maximum absolute atomic E-state index is 12.2. The van der Waals surface area contributed by atoms with Crippen LogP contribution in [0.25, 0.3) is 0 Å². The molecule has 2 aromatic rings. The van der Waals surface area contributed by atoms with Gasteiger partial charge in [0, 0.05) is 6.54 Å². The Balaban J connectivity index is 1.86. The van der Waals surface area contributed by atoms with E-state index in [0.29, 0.717) is 5.56 Å². The van der Waals surface area contributed by atoms with E-state index in [-0.39, 0.29) is 28.5 Å². The molecule has 0 fully saturated rings. The van der Waals surface area contributed by atoms with Gasteiger partial charge in [-0.2, -0.15) is 0 Å². The second kappa shape index (κ2) is 8.53. The van der Waals surface area contributed by atoms with Crippen LogP contribution in [-0.4, -0.2) is 35.2 Å².